The fraction of sp³-hybridized carbons (Fsp3) is 0.182. The minimum absolute atomic E-state index is 0.336. The molecule has 0 saturated heterocycles. The number of aryl methyl sites for hydroxylation is 1. The van der Waals surface area contributed by atoms with Gasteiger partial charge in [-0.25, -0.2) is 9.18 Å². The van der Waals surface area contributed by atoms with Crippen molar-refractivity contribution in [2.45, 2.75) is 13.8 Å². The summed E-state index contributed by atoms with van der Waals surface area (Å²) in [6, 6.07) is 12.6. The van der Waals surface area contributed by atoms with Gasteiger partial charge in [0.15, 0.2) is 13.2 Å². The Balaban J connectivity index is 1.61. The molecular formula is C22H18BrClFNO4. The van der Waals surface area contributed by atoms with E-state index >= 15 is 0 Å². The zero-order valence-electron chi connectivity index (χ0n) is 16.2. The number of ether oxygens (including phenoxy) is 2. The lowest BCUT2D eigenvalue weighted by molar-refractivity contribution is -0.144. The number of ketones is 1. The highest BCUT2D eigenvalue weighted by molar-refractivity contribution is 9.10. The minimum atomic E-state index is -0.669. The molecule has 2 aromatic carbocycles. The fourth-order valence-corrected chi connectivity index (χ4v) is 3.82. The third kappa shape index (κ3) is 5.09. The van der Waals surface area contributed by atoms with Crippen molar-refractivity contribution in [1.82, 2.24) is 4.57 Å². The highest BCUT2D eigenvalue weighted by atomic mass is 79.9. The van der Waals surface area contributed by atoms with Crippen molar-refractivity contribution >= 4 is 39.3 Å². The second-order valence-electron chi connectivity index (χ2n) is 6.54. The van der Waals surface area contributed by atoms with Crippen LogP contribution in [-0.4, -0.2) is 29.5 Å². The number of nitrogens with zero attached hydrogens (tertiary/aromatic N) is 1. The van der Waals surface area contributed by atoms with E-state index in [0.717, 1.165) is 11.4 Å². The summed E-state index contributed by atoms with van der Waals surface area (Å²) < 4.78 is 26.1. The van der Waals surface area contributed by atoms with Gasteiger partial charge in [-0.2, -0.15) is 0 Å². The van der Waals surface area contributed by atoms with E-state index in [9.17, 15) is 14.0 Å². The first-order valence-electron chi connectivity index (χ1n) is 8.98. The molecular weight excluding hydrogens is 477 g/mol. The van der Waals surface area contributed by atoms with Crippen LogP contribution in [0.4, 0.5) is 4.39 Å². The molecule has 1 aromatic heterocycles. The first-order chi connectivity index (χ1) is 14.3. The number of esters is 1. The summed E-state index contributed by atoms with van der Waals surface area (Å²) in [5.41, 5.74) is 2.67. The quantitative estimate of drug-likeness (QED) is 0.324. The van der Waals surface area contributed by atoms with Gasteiger partial charge in [0, 0.05) is 27.7 Å². The highest BCUT2D eigenvalue weighted by Gasteiger charge is 2.18. The van der Waals surface area contributed by atoms with Crippen LogP contribution in [0.3, 0.4) is 0 Å². The van der Waals surface area contributed by atoms with Crippen LogP contribution >= 0.6 is 27.5 Å². The molecule has 8 heteroatoms. The summed E-state index contributed by atoms with van der Waals surface area (Å²) in [6.07, 6.45) is 0. The largest absolute Gasteiger partial charge is 0.481 e. The summed E-state index contributed by atoms with van der Waals surface area (Å²) >= 11 is 9.15. The number of hydrogen-bond acceptors (Lipinski definition) is 4. The number of carbonyl (C=O) groups is 2. The summed E-state index contributed by atoms with van der Waals surface area (Å²) in [5.74, 6) is -0.905. The molecule has 0 N–H and O–H groups in total. The Morgan fingerprint density at radius 3 is 2.43 bits per heavy atom. The predicted octanol–water partition coefficient (Wildman–Crippen LogP) is 5.45. The van der Waals surface area contributed by atoms with Gasteiger partial charge >= 0.3 is 5.97 Å². The van der Waals surface area contributed by atoms with Crippen molar-refractivity contribution in [2.75, 3.05) is 13.2 Å². The van der Waals surface area contributed by atoms with Crippen LogP contribution in [0.25, 0.3) is 5.69 Å². The lowest BCUT2D eigenvalue weighted by atomic mass is 10.1. The molecule has 0 bridgehead atoms. The number of benzene rings is 2. The van der Waals surface area contributed by atoms with Crippen LogP contribution in [0, 0.1) is 19.7 Å². The Morgan fingerprint density at radius 2 is 1.77 bits per heavy atom. The van der Waals surface area contributed by atoms with E-state index in [1.54, 1.807) is 43.3 Å². The maximum atomic E-state index is 13.2. The van der Waals surface area contributed by atoms with Crippen LogP contribution in [-0.2, 0) is 9.53 Å². The molecule has 0 unspecified atom stereocenters. The number of rotatable bonds is 7. The molecule has 3 rings (SSSR count). The Kier molecular flexibility index (Phi) is 6.95. The van der Waals surface area contributed by atoms with Gasteiger partial charge in [0.25, 0.3) is 0 Å². The predicted molar refractivity (Wildman–Crippen MR) is 115 cm³/mol. The maximum absolute atomic E-state index is 13.2. The van der Waals surface area contributed by atoms with Gasteiger partial charge in [-0.05, 0) is 78.3 Å². The van der Waals surface area contributed by atoms with Gasteiger partial charge in [0.2, 0.25) is 5.78 Å². The lowest BCUT2D eigenvalue weighted by Crippen LogP contribution is -2.20. The van der Waals surface area contributed by atoms with Crippen molar-refractivity contribution < 1.29 is 23.5 Å². The molecule has 0 spiro atoms. The normalized spacial score (nSPS) is 10.7. The van der Waals surface area contributed by atoms with Crippen LogP contribution in [0.1, 0.15) is 21.7 Å². The van der Waals surface area contributed by atoms with Crippen LogP contribution in [0.5, 0.6) is 5.75 Å². The second-order valence-corrected chi connectivity index (χ2v) is 7.83. The van der Waals surface area contributed by atoms with Gasteiger partial charge in [0.1, 0.15) is 11.6 Å². The number of halogens is 3. The fourth-order valence-electron chi connectivity index (χ4n) is 3.03. The molecule has 0 saturated carbocycles. The smallest absolute Gasteiger partial charge is 0.344 e. The summed E-state index contributed by atoms with van der Waals surface area (Å²) in [4.78, 5) is 24.5. The van der Waals surface area contributed by atoms with Crippen LogP contribution in [0.2, 0.25) is 5.02 Å². The molecule has 0 fully saturated rings. The van der Waals surface area contributed by atoms with E-state index in [2.05, 4.69) is 15.9 Å². The first-order valence-corrected chi connectivity index (χ1v) is 10.1. The van der Waals surface area contributed by atoms with Gasteiger partial charge in [-0.1, -0.05) is 11.6 Å². The first kappa shape index (κ1) is 22.1. The number of carbonyl (C=O) groups excluding carboxylic acids is 2. The second kappa shape index (κ2) is 9.45. The van der Waals surface area contributed by atoms with E-state index < -0.39 is 12.6 Å². The molecule has 0 aliphatic heterocycles. The Labute approximate surface area is 186 Å². The van der Waals surface area contributed by atoms with Crippen molar-refractivity contribution in [2.24, 2.45) is 0 Å². The monoisotopic (exact) mass is 493 g/mol. The summed E-state index contributed by atoms with van der Waals surface area (Å²) in [5, 5.41) is 0.528. The zero-order chi connectivity index (χ0) is 21.8. The Bertz CT molecular complexity index is 1100. The van der Waals surface area contributed by atoms with E-state index in [0.29, 0.717) is 26.5 Å². The van der Waals surface area contributed by atoms with Crippen LogP contribution < -0.4 is 4.74 Å². The van der Waals surface area contributed by atoms with Gasteiger partial charge in [-0.15, -0.1) is 0 Å². The molecule has 3 aromatic rings. The molecule has 5 nitrogen and oxygen atoms in total. The van der Waals surface area contributed by atoms with Crippen molar-refractivity contribution in [3.63, 3.8) is 0 Å². The molecule has 0 amide bonds. The molecule has 0 atom stereocenters. The van der Waals surface area contributed by atoms with Crippen molar-refractivity contribution in [1.29, 1.82) is 0 Å². The third-order valence-electron chi connectivity index (χ3n) is 4.42. The topological polar surface area (TPSA) is 57.5 Å². The molecule has 156 valence electrons. The van der Waals surface area contributed by atoms with E-state index in [1.807, 2.05) is 11.5 Å². The maximum Gasteiger partial charge on any atom is 0.344 e. The summed E-state index contributed by atoms with van der Waals surface area (Å²) in [7, 11) is 0. The Morgan fingerprint density at radius 1 is 1.07 bits per heavy atom. The molecule has 30 heavy (non-hydrogen) atoms. The van der Waals surface area contributed by atoms with Crippen molar-refractivity contribution in [3.8, 4) is 11.4 Å². The minimum Gasteiger partial charge on any atom is -0.481 e. The number of hydrogen-bond donors (Lipinski definition) is 0. The molecule has 0 aliphatic carbocycles. The van der Waals surface area contributed by atoms with E-state index in [-0.39, 0.29) is 18.2 Å². The molecule has 0 radical (unpaired) electrons. The number of aromatic nitrogens is 1. The third-order valence-corrected chi connectivity index (χ3v) is 5.27. The number of Topliss-reactive ketones (excluding diaryl/α,β-unsaturated/α-hetero) is 1. The Hall–Kier alpha value is -2.64. The lowest BCUT2D eigenvalue weighted by Gasteiger charge is -2.10. The average Bonchev–Trinajstić information content (AvgIpc) is 3.00. The highest BCUT2D eigenvalue weighted by Crippen LogP contribution is 2.28. The average molecular weight is 495 g/mol. The molecule has 0 aliphatic rings. The van der Waals surface area contributed by atoms with Gasteiger partial charge in [0.05, 0.1) is 4.47 Å². The van der Waals surface area contributed by atoms with Crippen molar-refractivity contribution in [3.05, 3.63) is 80.8 Å². The SMILES string of the molecule is Cc1cc(C(=O)COC(=O)COc2ccc(Cl)cc2Br)c(C)n1-c1ccc(F)cc1. The van der Waals surface area contributed by atoms with Crippen LogP contribution in [0.15, 0.2) is 53.0 Å². The standard InChI is InChI=1S/C22H18BrClFNO4/c1-13-9-18(14(2)26(13)17-6-4-16(25)5-7-17)20(27)11-30-22(28)12-29-21-8-3-15(24)10-19(21)23/h3-10H,11-12H2,1-2H3. The van der Waals surface area contributed by atoms with E-state index in [1.165, 1.54) is 12.1 Å². The van der Waals surface area contributed by atoms with Gasteiger partial charge < -0.3 is 14.0 Å². The van der Waals surface area contributed by atoms with Gasteiger partial charge in [-0.3, -0.25) is 4.79 Å². The molecule has 1 heterocycles. The van der Waals surface area contributed by atoms with E-state index in [4.69, 9.17) is 21.1 Å². The zero-order valence-corrected chi connectivity index (χ0v) is 18.6. The summed E-state index contributed by atoms with van der Waals surface area (Å²) in [6.45, 7) is 2.88.